The van der Waals surface area contributed by atoms with Crippen molar-refractivity contribution < 1.29 is 0 Å². The molecule has 94 valence electrons. The molecular formula is C13H22N4. The molecule has 17 heavy (non-hydrogen) atoms. The van der Waals surface area contributed by atoms with Gasteiger partial charge in [0, 0.05) is 31.0 Å². The molecule has 1 N–H and O–H groups in total. The Bertz CT molecular complexity index is 358. The lowest BCUT2D eigenvalue weighted by Crippen LogP contribution is -2.46. The molecule has 0 amide bonds. The Balaban J connectivity index is 1.99. The standard InChI is InChI=1S/C13H22N4/c1-11-7-15-12(8-14-11)9-17-6-4-5-16-13(2,3)10-17/h7-8,16H,4-6,9-10H2,1-3H3. The molecule has 0 unspecified atom stereocenters. The van der Waals surface area contributed by atoms with Crippen LogP contribution in [0.15, 0.2) is 12.4 Å². The topological polar surface area (TPSA) is 41.1 Å². The van der Waals surface area contributed by atoms with Gasteiger partial charge in [0.2, 0.25) is 0 Å². The zero-order chi connectivity index (χ0) is 12.3. The Morgan fingerprint density at radius 2 is 2.18 bits per heavy atom. The van der Waals surface area contributed by atoms with Crippen LogP contribution in [0, 0.1) is 6.92 Å². The van der Waals surface area contributed by atoms with E-state index in [-0.39, 0.29) is 5.54 Å². The number of aromatic nitrogens is 2. The predicted molar refractivity (Wildman–Crippen MR) is 68.7 cm³/mol. The molecule has 1 aliphatic rings. The first-order chi connectivity index (χ1) is 8.05. The molecular weight excluding hydrogens is 212 g/mol. The highest BCUT2D eigenvalue weighted by molar-refractivity contribution is 5.01. The molecule has 2 rings (SSSR count). The number of rotatable bonds is 2. The average molecular weight is 234 g/mol. The van der Waals surface area contributed by atoms with Crippen molar-refractivity contribution in [2.45, 2.75) is 39.3 Å². The second-order valence-corrected chi connectivity index (χ2v) is 5.52. The van der Waals surface area contributed by atoms with Crippen LogP contribution >= 0.6 is 0 Å². The third-order valence-electron chi connectivity index (χ3n) is 3.09. The van der Waals surface area contributed by atoms with Crippen molar-refractivity contribution in [3.05, 3.63) is 23.8 Å². The Hall–Kier alpha value is -1.00. The summed E-state index contributed by atoms with van der Waals surface area (Å²) in [6, 6.07) is 0. The highest BCUT2D eigenvalue weighted by Gasteiger charge is 2.23. The second-order valence-electron chi connectivity index (χ2n) is 5.52. The average Bonchev–Trinajstić information content (AvgIpc) is 2.43. The fourth-order valence-electron chi connectivity index (χ4n) is 2.29. The normalized spacial score (nSPS) is 21.1. The number of nitrogens with zero attached hydrogens (tertiary/aromatic N) is 3. The Kier molecular flexibility index (Phi) is 3.74. The van der Waals surface area contributed by atoms with Crippen LogP contribution in [-0.2, 0) is 6.54 Å². The molecule has 4 nitrogen and oxygen atoms in total. The fourth-order valence-corrected chi connectivity index (χ4v) is 2.29. The summed E-state index contributed by atoms with van der Waals surface area (Å²) in [4.78, 5) is 11.2. The van der Waals surface area contributed by atoms with Crippen LogP contribution in [0.2, 0.25) is 0 Å². The molecule has 4 heteroatoms. The zero-order valence-electron chi connectivity index (χ0n) is 11.0. The summed E-state index contributed by atoms with van der Waals surface area (Å²) in [7, 11) is 0. The Morgan fingerprint density at radius 3 is 2.88 bits per heavy atom. The van der Waals surface area contributed by atoms with E-state index < -0.39 is 0 Å². The lowest BCUT2D eigenvalue weighted by atomic mass is 10.1. The van der Waals surface area contributed by atoms with Crippen LogP contribution < -0.4 is 5.32 Å². The van der Waals surface area contributed by atoms with E-state index in [9.17, 15) is 0 Å². The molecule has 2 heterocycles. The molecule has 0 atom stereocenters. The van der Waals surface area contributed by atoms with Crippen molar-refractivity contribution >= 4 is 0 Å². The molecule has 0 saturated carbocycles. The minimum Gasteiger partial charge on any atom is -0.310 e. The van der Waals surface area contributed by atoms with Gasteiger partial charge in [-0.1, -0.05) is 0 Å². The third-order valence-corrected chi connectivity index (χ3v) is 3.09. The van der Waals surface area contributed by atoms with Gasteiger partial charge in [0.05, 0.1) is 11.4 Å². The molecule has 0 radical (unpaired) electrons. The van der Waals surface area contributed by atoms with Gasteiger partial charge in [-0.2, -0.15) is 0 Å². The van der Waals surface area contributed by atoms with Crippen molar-refractivity contribution in [2.24, 2.45) is 0 Å². The van der Waals surface area contributed by atoms with E-state index in [1.54, 1.807) is 0 Å². The van der Waals surface area contributed by atoms with Gasteiger partial charge in [0.25, 0.3) is 0 Å². The number of hydrogen-bond acceptors (Lipinski definition) is 4. The van der Waals surface area contributed by atoms with Gasteiger partial charge in [-0.25, -0.2) is 0 Å². The summed E-state index contributed by atoms with van der Waals surface area (Å²) in [5, 5.41) is 3.57. The summed E-state index contributed by atoms with van der Waals surface area (Å²) in [6.07, 6.45) is 4.93. The molecule has 1 aromatic rings. The molecule has 0 bridgehead atoms. The lowest BCUT2D eigenvalue weighted by Gasteiger charge is -2.29. The molecule has 0 spiro atoms. The number of hydrogen-bond donors (Lipinski definition) is 1. The summed E-state index contributed by atoms with van der Waals surface area (Å²) in [5.74, 6) is 0. The first kappa shape index (κ1) is 12.5. The minimum atomic E-state index is 0.189. The molecule has 1 fully saturated rings. The largest absolute Gasteiger partial charge is 0.310 e. The molecule has 0 aromatic carbocycles. The van der Waals surface area contributed by atoms with E-state index in [1.165, 1.54) is 6.42 Å². The molecule has 1 aromatic heterocycles. The van der Waals surface area contributed by atoms with E-state index in [4.69, 9.17) is 0 Å². The maximum absolute atomic E-state index is 4.43. The highest BCUT2D eigenvalue weighted by Crippen LogP contribution is 2.12. The fraction of sp³-hybridized carbons (Fsp3) is 0.692. The monoisotopic (exact) mass is 234 g/mol. The summed E-state index contributed by atoms with van der Waals surface area (Å²) in [5.41, 5.74) is 2.23. The van der Waals surface area contributed by atoms with Crippen LogP contribution in [-0.4, -0.2) is 40.0 Å². The highest BCUT2D eigenvalue weighted by atomic mass is 15.2. The van der Waals surface area contributed by atoms with E-state index in [0.29, 0.717) is 0 Å². The van der Waals surface area contributed by atoms with E-state index in [1.807, 2.05) is 19.3 Å². The quantitative estimate of drug-likeness (QED) is 0.839. The first-order valence-corrected chi connectivity index (χ1v) is 6.30. The van der Waals surface area contributed by atoms with Crippen LogP contribution in [0.5, 0.6) is 0 Å². The van der Waals surface area contributed by atoms with E-state index in [2.05, 4.69) is 34.0 Å². The van der Waals surface area contributed by atoms with Gasteiger partial charge in [0.15, 0.2) is 0 Å². The SMILES string of the molecule is Cc1cnc(CN2CCCNC(C)(C)C2)cn1. The van der Waals surface area contributed by atoms with Gasteiger partial charge in [-0.3, -0.25) is 14.9 Å². The lowest BCUT2D eigenvalue weighted by molar-refractivity contribution is 0.221. The van der Waals surface area contributed by atoms with Crippen molar-refractivity contribution in [2.75, 3.05) is 19.6 Å². The van der Waals surface area contributed by atoms with Crippen molar-refractivity contribution in [1.82, 2.24) is 20.2 Å². The predicted octanol–water partition coefficient (Wildman–Crippen LogP) is 1.36. The van der Waals surface area contributed by atoms with Crippen LogP contribution in [0.3, 0.4) is 0 Å². The van der Waals surface area contributed by atoms with E-state index >= 15 is 0 Å². The number of nitrogens with one attached hydrogen (secondary N) is 1. The van der Waals surface area contributed by atoms with Crippen LogP contribution in [0.1, 0.15) is 31.7 Å². The third kappa shape index (κ3) is 3.75. The summed E-state index contributed by atoms with van der Waals surface area (Å²) in [6.45, 7) is 10.7. The number of aryl methyl sites for hydroxylation is 1. The van der Waals surface area contributed by atoms with E-state index in [0.717, 1.165) is 37.6 Å². The molecule has 1 saturated heterocycles. The van der Waals surface area contributed by atoms with Gasteiger partial charge >= 0.3 is 0 Å². The smallest absolute Gasteiger partial charge is 0.0727 e. The Morgan fingerprint density at radius 1 is 1.35 bits per heavy atom. The maximum atomic E-state index is 4.43. The van der Waals surface area contributed by atoms with Gasteiger partial charge in [-0.05, 0) is 40.3 Å². The first-order valence-electron chi connectivity index (χ1n) is 6.30. The van der Waals surface area contributed by atoms with Crippen molar-refractivity contribution in [1.29, 1.82) is 0 Å². The summed E-state index contributed by atoms with van der Waals surface area (Å²) >= 11 is 0. The molecule has 0 aliphatic carbocycles. The maximum Gasteiger partial charge on any atom is 0.0727 e. The zero-order valence-corrected chi connectivity index (χ0v) is 11.0. The van der Waals surface area contributed by atoms with Gasteiger partial charge in [-0.15, -0.1) is 0 Å². The Labute approximate surface area is 103 Å². The van der Waals surface area contributed by atoms with Gasteiger partial charge < -0.3 is 5.32 Å². The van der Waals surface area contributed by atoms with Crippen LogP contribution in [0.25, 0.3) is 0 Å². The summed E-state index contributed by atoms with van der Waals surface area (Å²) < 4.78 is 0. The van der Waals surface area contributed by atoms with Crippen molar-refractivity contribution in [3.63, 3.8) is 0 Å². The minimum absolute atomic E-state index is 0.189. The molecule has 1 aliphatic heterocycles. The van der Waals surface area contributed by atoms with Gasteiger partial charge in [0.1, 0.15) is 0 Å². The van der Waals surface area contributed by atoms with Crippen molar-refractivity contribution in [3.8, 4) is 0 Å². The second kappa shape index (κ2) is 5.10. The van der Waals surface area contributed by atoms with Crippen LogP contribution in [0.4, 0.5) is 0 Å².